The van der Waals surface area contributed by atoms with Gasteiger partial charge in [0.1, 0.15) is 0 Å². The van der Waals surface area contributed by atoms with Crippen molar-refractivity contribution in [1.29, 1.82) is 0 Å². The molecule has 0 radical (unpaired) electrons. The number of morpholine rings is 1. The van der Waals surface area contributed by atoms with Gasteiger partial charge in [0.25, 0.3) is 0 Å². The Kier molecular flexibility index (Phi) is 6.26. The molecule has 0 aromatic heterocycles. The van der Waals surface area contributed by atoms with Crippen LogP contribution in [0.25, 0.3) is 0 Å². The van der Waals surface area contributed by atoms with Crippen LogP contribution in [-0.2, 0) is 9.53 Å². The van der Waals surface area contributed by atoms with E-state index in [0.29, 0.717) is 12.5 Å². The maximum absolute atomic E-state index is 12.1. The first kappa shape index (κ1) is 15.7. The van der Waals surface area contributed by atoms with Crippen molar-refractivity contribution >= 4 is 5.91 Å². The molecular weight excluding hydrogens is 254 g/mol. The lowest BCUT2D eigenvalue weighted by Crippen LogP contribution is -2.52. The number of nitrogens with zero attached hydrogens (tertiary/aromatic N) is 1. The van der Waals surface area contributed by atoms with Crippen molar-refractivity contribution < 1.29 is 9.53 Å². The molecule has 0 bridgehead atoms. The number of carbonyl (C=O) groups is 1. The molecule has 5 heteroatoms. The summed E-state index contributed by atoms with van der Waals surface area (Å²) in [5, 5.41) is 6.32. The topological polar surface area (TPSA) is 53.6 Å². The zero-order chi connectivity index (χ0) is 14.4. The molecule has 0 spiro atoms. The smallest absolute Gasteiger partial charge is 0.237 e. The van der Waals surface area contributed by atoms with E-state index in [-0.39, 0.29) is 18.1 Å². The van der Waals surface area contributed by atoms with E-state index in [2.05, 4.69) is 29.4 Å². The van der Waals surface area contributed by atoms with Crippen LogP contribution < -0.4 is 10.6 Å². The Balaban J connectivity index is 1.68. The molecule has 2 unspecified atom stereocenters. The van der Waals surface area contributed by atoms with Gasteiger partial charge >= 0.3 is 0 Å². The number of carbonyl (C=O) groups excluding carboxylic acids is 1. The molecular formula is C15H29N3O2. The third-order valence-electron chi connectivity index (χ3n) is 3.98. The summed E-state index contributed by atoms with van der Waals surface area (Å²) in [4.78, 5) is 14.5. The van der Waals surface area contributed by atoms with Gasteiger partial charge in [-0.1, -0.05) is 20.3 Å². The fourth-order valence-electron chi connectivity index (χ4n) is 3.00. The van der Waals surface area contributed by atoms with Crippen molar-refractivity contribution in [2.24, 2.45) is 5.92 Å². The number of rotatable bonds is 5. The van der Waals surface area contributed by atoms with E-state index in [1.807, 2.05) is 0 Å². The molecule has 2 fully saturated rings. The van der Waals surface area contributed by atoms with Crippen molar-refractivity contribution in [3.63, 3.8) is 0 Å². The highest BCUT2D eigenvalue weighted by Crippen LogP contribution is 2.09. The lowest BCUT2D eigenvalue weighted by molar-refractivity contribution is -0.124. The number of amides is 1. The fraction of sp³-hybridized carbons (Fsp3) is 0.933. The van der Waals surface area contributed by atoms with E-state index in [9.17, 15) is 4.79 Å². The molecule has 2 rings (SSSR count). The molecule has 0 aromatic rings. The highest BCUT2D eigenvalue weighted by molar-refractivity contribution is 5.81. The SMILES string of the molecule is CC(C)CN1CCOC(CNC(=O)C2CCCCN2)C1. The minimum atomic E-state index is -0.000826. The number of ether oxygens (including phenoxy) is 1. The van der Waals surface area contributed by atoms with Crippen molar-refractivity contribution in [2.75, 3.05) is 39.3 Å². The molecule has 116 valence electrons. The van der Waals surface area contributed by atoms with Crippen LogP contribution in [-0.4, -0.2) is 62.3 Å². The van der Waals surface area contributed by atoms with Crippen molar-refractivity contribution in [1.82, 2.24) is 15.5 Å². The summed E-state index contributed by atoms with van der Waals surface area (Å²) in [6.07, 6.45) is 3.42. The van der Waals surface area contributed by atoms with E-state index in [0.717, 1.165) is 45.6 Å². The van der Waals surface area contributed by atoms with Gasteiger partial charge in [-0.2, -0.15) is 0 Å². The van der Waals surface area contributed by atoms with Crippen LogP contribution in [0.5, 0.6) is 0 Å². The molecule has 2 atom stereocenters. The summed E-state index contributed by atoms with van der Waals surface area (Å²) in [5.41, 5.74) is 0. The van der Waals surface area contributed by atoms with Crippen LogP contribution in [0.4, 0.5) is 0 Å². The molecule has 0 aliphatic carbocycles. The summed E-state index contributed by atoms with van der Waals surface area (Å²) in [6.45, 7) is 9.88. The molecule has 1 amide bonds. The first-order valence-electron chi connectivity index (χ1n) is 8.00. The Morgan fingerprint density at radius 2 is 2.30 bits per heavy atom. The first-order chi connectivity index (χ1) is 9.65. The summed E-state index contributed by atoms with van der Waals surface area (Å²) in [5.74, 6) is 0.809. The van der Waals surface area contributed by atoms with Gasteiger partial charge in [0.05, 0.1) is 18.8 Å². The van der Waals surface area contributed by atoms with E-state index in [1.54, 1.807) is 0 Å². The Labute approximate surface area is 122 Å². The summed E-state index contributed by atoms with van der Waals surface area (Å²) < 4.78 is 5.75. The average molecular weight is 283 g/mol. The van der Waals surface area contributed by atoms with Crippen LogP contribution in [0.3, 0.4) is 0 Å². The average Bonchev–Trinajstić information content (AvgIpc) is 2.45. The summed E-state index contributed by atoms with van der Waals surface area (Å²) >= 11 is 0. The highest BCUT2D eigenvalue weighted by atomic mass is 16.5. The summed E-state index contributed by atoms with van der Waals surface area (Å²) in [7, 11) is 0. The maximum atomic E-state index is 12.1. The van der Waals surface area contributed by atoms with Gasteiger partial charge in [0, 0.05) is 26.2 Å². The van der Waals surface area contributed by atoms with Crippen molar-refractivity contribution in [2.45, 2.75) is 45.3 Å². The Morgan fingerprint density at radius 3 is 3.00 bits per heavy atom. The largest absolute Gasteiger partial charge is 0.374 e. The molecule has 0 saturated carbocycles. The normalized spacial score (nSPS) is 28.6. The molecule has 20 heavy (non-hydrogen) atoms. The quantitative estimate of drug-likeness (QED) is 0.776. The lowest BCUT2D eigenvalue weighted by atomic mass is 10.0. The highest BCUT2D eigenvalue weighted by Gasteiger charge is 2.24. The molecule has 2 N–H and O–H groups in total. The van der Waals surface area contributed by atoms with Gasteiger partial charge in [0.2, 0.25) is 5.91 Å². The number of hydrogen-bond acceptors (Lipinski definition) is 4. The fourth-order valence-corrected chi connectivity index (χ4v) is 3.00. The molecule has 0 aromatic carbocycles. The van der Waals surface area contributed by atoms with Gasteiger partial charge < -0.3 is 15.4 Å². The van der Waals surface area contributed by atoms with Gasteiger partial charge in [-0.3, -0.25) is 9.69 Å². The minimum absolute atomic E-state index is 0.000826. The number of piperidine rings is 1. The van der Waals surface area contributed by atoms with Crippen LogP contribution in [0, 0.1) is 5.92 Å². The van der Waals surface area contributed by atoms with Crippen molar-refractivity contribution in [3.8, 4) is 0 Å². The monoisotopic (exact) mass is 283 g/mol. The van der Waals surface area contributed by atoms with Crippen LogP contribution in [0.15, 0.2) is 0 Å². The maximum Gasteiger partial charge on any atom is 0.237 e. The van der Waals surface area contributed by atoms with E-state index >= 15 is 0 Å². The summed E-state index contributed by atoms with van der Waals surface area (Å²) in [6, 6.07) is -0.000826. The standard InChI is InChI=1S/C15H29N3O2/c1-12(2)10-18-7-8-20-13(11-18)9-17-15(19)14-5-3-4-6-16-14/h12-14,16H,3-11H2,1-2H3,(H,17,19). The molecule has 2 aliphatic heterocycles. The predicted molar refractivity (Wildman–Crippen MR) is 79.7 cm³/mol. The Hall–Kier alpha value is -0.650. The van der Waals surface area contributed by atoms with E-state index in [4.69, 9.17) is 4.74 Å². The van der Waals surface area contributed by atoms with Gasteiger partial charge in [0.15, 0.2) is 0 Å². The van der Waals surface area contributed by atoms with Gasteiger partial charge in [-0.25, -0.2) is 0 Å². The van der Waals surface area contributed by atoms with Gasteiger partial charge in [-0.15, -0.1) is 0 Å². The molecule has 2 saturated heterocycles. The molecule has 2 heterocycles. The first-order valence-corrected chi connectivity index (χ1v) is 8.00. The Morgan fingerprint density at radius 1 is 1.45 bits per heavy atom. The van der Waals surface area contributed by atoms with Crippen molar-refractivity contribution in [3.05, 3.63) is 0 Å². The number of hydrogen-bond donors (Lipinski definition) is 2. The number of nitrogens with one attached hydrogen (secondary N) is 2. The van der Waals surface area contributed by atoms with E-state index < -0.39 is 0 Å². The Bertz CT molecular complexity index is 303. The second-order valence-corrected chi connectivity index (χ2v) is 6.39. The van der Waals surface area contributed by atoms with E-state index in [1.165, 1.54) is 6.42 Å². The zero-order valence-corrected chi connectivity index (χ0v) is 12.9. The van der Waals surface area contributed by atoms with Crippen LogP contribution >= 0.6 is 0 Å². The second kappa shape index (κ2) is 7.96. The second-order valence-electron chi connectivity index (χ2n) is 6.39. The predicted octanol–water partition coefficient (Wildman–Crippen LogP) is 0.602. The van der Waals surface area contributed by atoms with Crippen LogP contribution in [0.1, 0.15) is 33.1 Å². The van der Waals surface area contributed by atoms with Crippen LogP contribution in [0.2, 0.25) is 0 Å². The van der Waals surface area contributed by atoms with Gasteiger partial charge in [-0.05, 0) is 25.3 Å². The molecule has 5 nitrogen and oxygen atoms in total. The third kappa shape index (κ3) is 5.04. The zero-order valence-electron chi connectivity index (χ0n) is 12.9. The third-order valence-corrected chi connectivity index (χ3v) is 3.98. The molecule has 2 aliphatic rings. The lowest BCUT2D eigenvalue weighted by Gasteiger charge is -2.34. The minimum Gasteiger partial charge on any atom is -0.374 e.